The lowest BCUT2D eigenvalue weighted by molar-refractivity contribution is 0.0490. The number of likely N-dealkylation sites (N-methyl/N-ethyl adjacent to an activating group) is 1. The van der Waals surface area contributed by atoms with Gasteiger partial charge in [0.2, 0.25) is 0 Å². The highest BCUT2D eigenvalue weighted by Crippen LogP contribution is 2.39. The second-order valence-corrected chi connectivity index (χ2v) is 8.06. The van der Waals surface area contributed by atoms with E-state index in [1.54, 1.807) is 0 Å². The highest BCUT2D eigenvalue weighted by molar-refractivity contribution is 4.94. The molecular weight excluding hydrogens is 232 g/mol. The lowest BCUT2D eigenvalue weighted by atomic mass is 9.69. The highest BCUT2D eigenvalue weighted by atomic mass is 15.2. The number of nitrogens with zero attached hydrogens (tertiary/aromatic N) is 1. The highest BCUT2D eigenvalue weighted by Gasteiger charge is 2.37. The molecule has 112 valence electrons. The van der Waals surface area contributed by atoms with Crippen LogP contribution in [-0.2, 0) is 0 Å². The summed E-state index contributed by atoms with van der Waals surface area (Å²) in [6.07, 6.45) is 10.9. The van der Waals surface area contributed by atoms with Crippen LogP contribution in [0.2, 0.25) is 0 Å². The van der Waals surface area contributed by atoms with Crippen molar-refractivity contribution in [2.24, 2.45) is 17.1 Å². The molecule has 0 aromatic rings. The minimum absolute atomic E-state index is 0.394. The first-order valence-corrected chi connectivity index (χ1v) is 8.37. The Balaban J connectivity index is 1.99. The van der Waals surface area contributed by atoms with Crippen LogP contribution in [0.25, 0.3) is 0 Å². The second kappa shape index (κ2) is 6.13. The van der Waals surface area contributed by atoms with E-state index in [0.717, 1.165) is 12.0 Å². The Labute approximate surface area is 120 Å². The lowest BCUT2D eigenvalue weighted by Crippen LogP contribution is -2.54. The lowest BCUT2D eigenvalue weighted by Gasteiger charge is -2.47. The van der Waals surface area contributed by atoms with Crippen LogP contribution in [0.3, 0.4) is 0 Å². The molecule has 0 bridgehead atoms. The molecule has 3 unspecified atom stereocenters. The third-order valence-corrected chi connectivity index (χ3v) is 5.77. The molecule has 0 aromatic heterocycles. The van der Waals surface area contributed by atoms with Crippen molar-refractivity contribution in [2.75, 3.05) is 7.05 Å². The molecule has 2 aliphatic carbocycles. The summed E-state index contributed by atoms with van der Waals surface area (Å²) in [5, 5.41) is 0. The van der Waals surface area contributed by atoms with Gasteiger partial charge in [-0.15, -0.1) is 0 Å². The predicted molar refractivity (Wildman–Crippen MR) is 83.2 cm³/mol. The average molecular weight is 266 g/mol. The van der Waals surface area contributed by atoms with Crippen LogP contribution in [0, 0.1) is 11.3 Å². The molecule has 0 radical (unpaired) electrons. The molecule has 0 aliphatic heterocycles. The second-order valence-electron chi connectivity index (χ2n) is 8.06. The summed E-state index contributed by atoms with van der Waals surface area (Å²) in [5.74, 6) is 0.836. The molecule has 2 N–H and O–H groups in total. The van der Waals surface area contributed by atoms with Gasteiger partial charge in [-0.05, 0) is 50.5 Å². The monoisotopic (exact) mass is 266 g/mol. The number of hydrogen-bond donors (Lipinski definition) is 1. The molecule has 0 aromatic carbocycles. The van der Waals surface area contributed by atoms with Crippen molar-refractivity contribution < 1.29 is 0 Å². The van der Waals surface area contributed by atoms with Crippen molar-refractivity contribution in [1.29, 1.82) is 0 Å². The maximum atomic E-state index is 6.45. The third-order valence-electron chi connectivity index (χ3n) is 5.77. The molecule has 0 amide bonds. The first-order chi connectivity index (χ1) is 8.89. The van der Waals surface area contributed by atoms with E-state index in [-0.39, 0.29) is 0 Å². The molecule has 19 heavy (non-hydrogen) atoms. The Morgan fingerprint density at radius 3 is 2.16 bits per heavy atom. The predicted octanol–water partition coefficient (Wildman–Crippen LogP) is 3.79. The van der Waals surface area contributed by atoms with Gasteiger partial charge in [-0.3, -0.25) is 4.90 Å². The van der Waals surface area contributed by atoms with Crippen LogP contribution in [0.15, 0.2) is 0 Å². The van der Waals surface area contributed by atoms with Crippen molar-refractivity contribution in [1.82, 2.24) is 4.90 Å². The molecule has 0 spiro atoms. The quantitative estimate of drug-likeness (QED) is 0.824. The Morgan fingerprint density at radius 2 is 1.58 bits per heavy atom. The Hall–Kier alpha value is -0.0800. The maximum absolute atomic E-state index is 6.45. The average Bonchev–Trinajstić information content (AvgIpc) is 2.38. The van der Waals surface area contributed by atoms with Gasteiger partial charge in [-0.1, -0.05) is 40.0 Å². The van der Waals surface area contributed by atoms with Crippen LogP contribution in [-0.4, -0.2) is 30.1 Å². The molecule has 0 heterocycles. The van der Waals surface area contributed by atoms with Crippen molar-refractivity contribution in [3.05, 3.63) is 0 Å². The summed E-state index contributed by atoms with van der Waals surface area (Å²) in [4.78, 5) is 2.65. The standard InChI is InChI=1S/C17H34N2/c1-17(2,3)13-10-11-15(18)16(12-13)19(4)14-8-6-5-7-9-14/h13-16H,5-12,18H2,1-4H3. The zero-order chi connectivity index (χ0) is 14.0. The summed E-state index contributed by atoms with van der Waals surface area (Å²) >= 11 is 0. The van der Waals surface area contributed by atoms with Gasteiger partial charge in [-0.25, -0.2) is 0 Å². The fourth-order valence-electron chi connectivity index (χ4n) is 4.18. The zero-order valence-corrected chi connectivity index (χ0v) is 13.5. The largest absolute Gasteiger partial charge is 0.326 e. The Bertz CT molecular complexity index is 275. The van der Waals surface area contributed by atoms with Crippen LogP contribution >= 0.6 is 0 Å². The summed E-state index contributed by atoms with van der Waals surface area (Å²) in [5.41, 5.74) is 6.89. The zero-order valence-electron chi connectivity index (χ0n) is 13.5. The Kier molecular flexibility index (Phi) is 4.94. The number of nitrogens with two attached hydrogens (primary N) is 1. The normalized spacial score (nSPS) is 34.7. The maximum Gasteiger partial charge on any atom is 0.0249 e. The molecule has 2 nitrogen and oxygen atoms in total. The van der Waals surface area contributed by atoms with Gasteiger partial charge >= 0.3 is 0 Å². The minimum atomic E-state index is 0.394. The van der Waals surface area contributed by atoms with E-state index >= 15 is 0 Å². The fraction of sp³-hybridized carbons (Fsp3) is 1.00. The van der Waals surface area contributed by atoms with E-state index in [1.807, 2.05) is 0 Å². The fourth-order valence-corrected chi connectivity index (χ4v) is 4.18. The van der Waals surface area contributed by atoms with Crippen molar-refractivity contribution in [2.45, 2.75) is 90.3 Å². The molecule has 2 saturated carbocycles. The van der Waals surface area contributed by atoms with E-state index < -0.39 is 0 Å². The molecule has 2 rings (SSSR count). The van der Waals surface area contributed by atoms with E-state index in [9.17, 15) is 0 Å². The van der Waals surface area contributed by atoms with Gasteiger partial charge < -0.3 is 5.73 Å². The van der Waals surface area contributed by atoms with E-state index in [2.05, 4.69) is 32.7 Å². The summed E-state index contributed by atoms with van der Waals surface area (Å²) < 4.78 is 0. The van der Waals surface area contributed by atoms with Gasteiger partial charge in [0.05, 0.1) is 0 Å². The van der Waals surface area contributed by atoms with E-state index in [4.69, 9.17) is 5.73 Å². The molecule has 3 atom stereocenters. The van der Waals surface area contributed by atoms with Crippen LogP contribution in [0.1, 0.15) is 72.1 Å². The molecule has 2 fully saturated rings. The van der Waals surface area contributed by atoms with E-state index in [0.29, 0.717) is 17.5 Å². The number of rotatable bonds is 2. The summed E-state index contributed by atoms with van der Waals surface area (Å²) in [6.45, 7) is 7.19. The van der Waals surface area contributed by atoms with E-state index in [1.165, 1.54) is 51.4 Å². The van der Waals surface area contributed by atoms with Gasteiger partial charge in [0.25, 0.3) is 0 Å². The summed E-state index contributed by atoms with van der Waals surface area (Å²) in [6, 6.07) is 1.80. The first kappa shape index (κ1) is 15.3. The SMILES string of the molecule is CN(C1CCCCC1)C1CC(C(C)(C)C)CCC1N. The van der Waals surface area contributed by atoms with Gasteiger partial charge in [-0.2, -0.15) is 0 Å². The van der Waals surface area contributed by atoms with Gasteiger partial charge in [0, 0.05) is 18.1 Å². The molecule has 2 aliphatic rings. The van der Waals surface area contributed by atoms with Crippen LogP contribution < -0.4 is 5.73 Å². The van der Waals surface area contributed by atoms with Crippen LogP contribution in [0.4, 0.5) is 0 Å². The molecular formula is C17H34N2. The first-order valence-electron chi connectivity index (χ1n) is 8.37. The van der Waals surface area contributed by atoms with Crippen molar-refractivity contribution in [3.8, 4) is 0 Å². The molecule has 2 heteroatoms. The van der Waals surface area contributed by atoms with Crippen LogP contribution in [0.5, 0.6) is 0 Å². The van der Waals surface area contributed by atoms with Gasteiger partial charge in [0.1, 0.15) is 0 Å². The van der Waals surface area contributed by atoms with Gasteiger partial charge in [0.15, 0.2) is 0 Å². The molecule has 0 saturated heterocycles. The smallest absolute Gasteiger partial charge is 0.0249 e. The van der Waals surface area contributed by atoms with Crippen molar-refractivity contribution >= 4 is 0 Å². The summed E-state index contributed by atoms with van der Waals surface area (Å²) in [7, 11) is 2.34. The minimum Gasteiger partial charge on any atom is -0.326 e. The third kappa shape index (κ3) is 3.72. The van der Waals surface area contributed by atoms with Crippen molar-refractivity contribution in [3.63, 3.8) is 0 Å². The number of hydrogen-bond acceptors (Lipinski definition) is 2. The Morgan fingerprint density at radius 1 is 0.947 bits per heavy atom. The topological polar surface area (TPSA) is 29.3 Å².